The number of nitrogens with one attached hydrogen (secondary N) is 1. The highest BCUT2D eigenvalue weighted by Crippen LogP contribution is 2.28. The van der Waals surface area contributed by atoms with Crippen LogP contribution in [-0.2, 0) is 0 Å². The number of rotatable bonds is 3. The molecule has 1 heterocycles. The van der Waals surface area contributed by atoms with Crippen LogP contribution >= 0.6 is 0 Å². The Balaban J connectivity index is 2.53. The van der Waals surface area contributed by atoms with Gasteiger partial charge in [0.1, 0.15) is 23.2 Å². The van der Waals surface area contributed by atoms with Gasteiger partial charge in [0.15, 0.2) is 0 Å². The molecule has 0 radical (unpaired) electrons. The highest BCUT2D eigenvalue weighted by molar-refractivity contribution is 5.76. The fourth-order valence-electron chi connectivity index (χ4n) is 1.78. The Labute approximate surface area is 106 Å². The third kappa shape index (κ3) is 2.11. The van der Waals surface area contributed by atoms with E-state index in [-0.39, 0.29) is 0 Å². The number of hydrogen-bond acceptors (Lipinski definition) is 4. The first-order chi connectivity index (χ1) is 8.80. The van der Waals surface area contributed by atoms with Crippen LogP contribution in [0, 0.1) is 11.3 Å². The first kappa shape index (κ1) is 11.9. The van der Waals surface area contributed by atoms with Crippen molar-refractivity contribution < 1.29 is 4.74 Å². The van der Waals surface area contributed by atoms with Crippen LogP contribution in [0.15, 0.2) is 36.5 Å². The second kappa shape index (κ2) is 5.19. The molecule has 2 aromatic rings. The molecule has 4 heteroatoms. The van der Waals surface area contributed by atoms with Crippen molar-refractivity contribution in [2.75, 3.05) is 19.5 Å². The summed E-state index contributed by atoms with van der Waals surface area (Å²) in [5, 5.41) is 12.2. The molecule has 90 valence electrons. The zero-order chi connectivity index (χ0) is 13.0. The molecule has 4 nitrogen and oxygen atoms in total. The highest BCUT2D eigenvalue weighted by Gasteiger charge is 2.09. The largest absolute Gasteiger partial charge is 0.497 e. The average molecular weight is 239 g/mol. The molecule has 2 rings (SSSR count). The normalized spacial score (nSPS) is 9.61. The van der Waals surface area contributed by atoms with E-state index < -0.39 is 0 Å². The molecule has 0 fully saturated rings. The van der Waals surface area contributed by atoms with Gasteiger partial charge in [-0.2, -0.15) is 5.26 Å². The first-order valence-electron chi connectivity index (χ1n) is 5.51. The van der Waals surface area contributed by atoms with Crippen LogP contribution in [-0.4, -0.2) is 19.1 Å². The van der Waals surface area contributed by atoms with Gasteiger partial charge in [-0.15, -0.1) is 0 Å². The van der Waals surface area contributed by atoms with Crippen LogP contribution in [0.3, 0.4) is 0 Å². The van der Waals surface area contributed by atoms with Gasteiger partial charge < -0.3 is 10.1 Å². The van der Waals surface area contributed by atoms with Crippen LogP contribution in [0.25, 0.3) is 11.1 Å². The third-order valence-corrected chi connectivity index (χ3v) is 2.70. The Bertz CT molecular complexity index is 585. The van der Waals surface area contributed by atoms with Crippen LogP contribution in [0.2, 0.25) is 0 Å². The summed E-state index contributed by atoms with van der Waals surface area (Å²) in [5.74, 6) is 1.38. The maximum absolute atomic E-state index is 9.24. The summed E-state index contributed by atoms with van der Waals surface area (Å²) in [6.07, 6.45) is 1.69. The van der Waals surface area contributed by atoms with Crippen molar-refractivity contribution in [1.29, 1.82) is 5.26 Å². The third-order valence-electron chi connectivity index (χ3n) is 2.70. The van der Waals surface area contributed by atoms with Crippen molar-refractivity contribution >= 4 is 5.82 Å². The van der Waals surface area contributed by atoms with E-state index in [1.54, 1.807) is 20.4 Å². The standard InChI is InChI=1S/C14H13N3O/c1-16-14-13(9-15)12(7-8-17-14)10-3-5-11(18-2)6-4-10/h3-8H,1-2H3,(H,16,17). The molecule has 1 N–H and O–H groups in total. The molecule has 0 saturated heterocycles. The van der Waals surface area contributed by atoms with E-state index in [0.29, 0.717) is 11.4 Å². The minimum absolute atomic E-state index is 0.546. The number of hydrogen-bond donors (Lipinski definition) is 1. The summed E-state index contributed by atoms with van der Waals surface area (Å²) in [4.78, 5) is 4.13. The lowest BCUT2D eigenvalue weighted by Crippen LogP contribution is -1.97. The first-order valence-corrected chi connectivity index (χ1v) is 5.51. The van der Waals surface area contributed by atoms with E-state index in [4.69, 9.17) is 4.74 Å². The number of aromatic nitrogens is 1. The van der Waals surface area contributed by atoms with E-state index >= 15 is 0 Å². The van der Waals surface area contributed by atoms with Crippen molar-refractivity contribution in [2.45, 2.75) is 0 Å². The van der Waals surface area contributed by atoms with Gasteiger partial charge in [0.05, 0.1) is 7.11 Å². The Morgan fingerprint density at radius 1 is 1.22 bits per heavy atom. The molecular formula is C14H13N3O. The maximum atomic E-state index is 9.24. The summed E-state index contributed by atoms with van der Waals surface area (Å²) in [6, 6.07) is 11.6. The molecule has 0 bridgehead atoms. The topological polar surface area (TPSA) is 57.9 Å². The molecule has 0 aliphatic carbocycles. The number of anilines is 1. The molecular weight excluding hydrogens is 226 g/mol. The number of nitrogens with zero attached hydrogens (tertiary/aromatic N) is 2. The summed E-state index contributed by atoms with van der Waals surface area (Å²) < 4.78 is 5.12. The monoisotopic (exact) mass is 239 g/mol. The number of nitriles is 1. The molecule has 18 heavy (non-hydrogen) atoms. The van der Waals surface area contributed by atoms with Crippen molar-refractivity contribution in [2.24, 2.45) is 0 Å². The van der Waals surface area contributed by atoms with Crippen molar-refractivity contribution in [3.05, 3.63) is 42.1 Å². The van der Waals surface area contributed by atoms with Gasteiger partial charge in [-0.25, -0.2) is 4.98 Å². The second-order valence-corrected chi connectivity index (χ2v) is 3.67. The van der Waals surface area contributed by atoms with Gasteiger partial charge in [-0.3, -0.25) is 0 Å². The lowest BCUT2D eigenvalue weighted by Gasteiger charge is -2.08. The number of ether oxygens (including phenoxy) is 1. The minimum Gasteiger partial charge on any atom is -0.497 e. The Hall–Kier alpha value is -2.54. The fraction of sp³-hybridized carbons (Fsp3) is 0.143. The van der Waals surface area contributed by atoms with E-state index in [1.165, 1.54) is 0 Å². The van der Waals surface area contributed by atoms with Gasteiger partial charge in [-0.1, -0.05) is 12.1 Å². The SMILES string of the molecule is CNc1nccc(-c2ccc(OC)cc2)c1C#N. The Morgan fingerprint density at radius 3 is 2.50 bits per heavy atom. The Kier molecular flexibility index (Phi) is 3.44. The van der Waals surface area contributed by atoms with Crippen molar-refractivity contribution in [1.82, 2.24) is 4.98 Å². The molecule has 0 atom stereocenters. The average Bonchev–Trinajstić information content (AvgIpc) is 2.46. The van der Waals surface area contributed by atoms with Gasteiger partial charge >= 0.3 is 0 Å². The smallest absolute Gasteiger partial charge is 0.144 e. The fourth-order valence-corrected chi connectivity index (χ4v) is 1.78. The van der Waals surface area contributed by atoms with E-state index in [1.807, 2.05) is 30.3 Å². The molecule has 0 aliphatic rings. The summed E-state index contributed by atoms with van der Waals surface area (Å²) in [7, 11) is 3.38. The predicted molar refractivity (Wildman–Crippen MR) is 70.5 cm³/mol. The Morgan fingerprint density at radius 2 is 1.94 bits per heavy atom. The van der Waals surface area contributed by atoms with Crippen molar-refractivity contribution in [3.8, 4) is 22.9 Å². The molecule has 0 amide bonds. The number of methoxy groups -OCH3 is 1. The van der Waals surface area contributed by atoms with Crippen LogP contribution in [0.4, 0.5) is 5.82 Å². The van der Waals surface area contributed by atoms with E-state index in [0.717, 1.165) is 16.9 Å². The van der Waals surface area contributed by atoms with E-state index in [2.05, 4.69) is 16.4 Å². The van der Waals surface area contributed by atoms with Gasteiger partial charge in [0, 0.05) is 18.8 Å². The van der Waals surface area contributed by atoms with Crippen LogP contribution in [0.5, 0.6) is 5.75 Å². The molecule has 0 unspecified atom stereocenters. The highest BCUT2D eigenvalue weighted by atomic mass is 16.5. The minimum atomic E-state index is 0.546. The summed E-state index contributed by atoms with van der Waals surface area (Å²) in [5.41, 5.74) is 2.37. The number of benzene rings is 1. The molecule has 0 saturated carbocycles. The van der Waals surface area contributed by atoms with E-state index in [9.17, 15) is 5.26 Å². The molecule has 0 spiro atoms. The van der Waals surface area contributed by atoms with Crippen molar-refractivity contribution in [3.63, 3.8) is 0 Å². The zero-order valence-electron chi connectivity index (χ0n) is 10.3. The molecule has 1 aromatic carbocycles. The van der Waals surface area contributed by atoms with Crippen LogP contribution in [0.1, 0.15) is 5.56 Å². The zero-order valence-corrected chi connectivity index (χ0v) is 10.3. The lowest BCUT2D eigenvalue weighted by atomic mass is 10.0. The van der Waals surface area contributed by atoms with Gasteiger partial charge in [0.2, 0.25) is 0 Å². The summed E-state index contributed by atoms with van der Waals surface area (Å²) >= 11 is 0. The van der Waals surface area contributed by atoms with Crippen LogP contribution < -0.4 is 10.1 Å². The molecule has 1 aromatic heterocycles. The maximum Gasteiger partial charge on any atom is 0.144 e. The summed E-state index contributed by atoms with van der Waals surface area (Å²) in [6.45, 7) is 0. The van der Waals surface area contributed by atoms with Gasteiger partial charge in [0.25, 0.3) is 0 Å². The van der Waals surface area contributed by atoms with Gasteiger partial charge in [-0.05, 0) is 23.8 Å². The second-order valence-electron chi connectivity index (χ2n) is 3.67. The molecule has 0 aliphatic heterocycles. The quantitative estimate of drug-likeness (QED) is 0.894. The predicted octanol–water partition coefficient (Wildman–Crippen LogP) is 2.67. The lowest BCUT2D eigenvalue weighted by molar-refractivity contribution is 0.415. The number of pyridine rings is 1.